The number of fused-ring (bicyclic) bond motifs is 2. The fraction of sp³-hybridized carbons (Fsp3) is 0.125. The van der Waals surface area contributed by atoms with Crippen molar-refractivity contribution in [3.05, 3.63) is 89.3 Å². The van der Waals surface area contributed by atoms with Crippen molar-refractivity contribution in [2.45, 2.75) is 19.9 Å². The number of aromatic nitrogens is 5. The van der Waals surface area contributed by atoms with Gasteiger partial charge in [-0.25, -0.2) is 15.0 Å². The minimum Gasteiger partial charge on any atom is -0.366 e. The third kappa shape index (κ3) is 3.74. The summed E-state index contributed by atoms with van der Waals surface area (Å²) in [6.07, 6.45) is 3.93. The number of para-hydroxylation sites is 1. The Bertz CT molecular complexity index is 1460. The molecule has 1 amide bonds. The highest BCUT2D eigenvalue weighted by atomic mass is 16.1. The van der Waals surface area contributed by atoms with Crippen LogP contribution in [0.15, 0.2) is 61.1 Å². The molecule has 32 heavy (non-hydrogen) atoms. The largest absolute Gasteiger partial charge is 0.366 e. The Balaban J connectivity index is 1.38. The zero-order valence-electron chi connectivity index (χ0n) is 17.5. The number of carbonyl (C=O) groups is 1. The molecule has 8 nitrogen and oxygen atoms in total. The number of hydrogen-bond donors (Lipinski definition) is 3. The van der Waals surface area contributed by atoms with Crippen LogP contribution in [0.1, 0.15) is 33.0 Å². The number of aromatic amines is 1. The zero-order chi connectivity index (χ0) is 22.1. The molecule has 0 radical (unpaired) electrons. The number of aryl methyl sites for hydroxylation is 1. The number of nitrogens with zero attached hydrogens (tertiary/aromatic N) is 4. The molecule has 3 heterocycles. The molecular formula is C24H21N7O. The van der Waals surface area contributed by atoms with Crippen molar-refractivity contribution in [3.63, 3.8) is 0 Å². The lowest BCUT2D eigenvalue weighted by molar-refractivity contribution is 0.100. The summed E-state index contributed by atoms with van der Waals surface area (Å²) < 4.78 is 0. The third-order valence-electron chi connectivity index (χ3n) is 5.35. The molecule has 5 aromatic rings. The van der Waals surface area contributed by atoms with E-state index in [0.29, 0.717) is 29.9 Å². The summed E-state index contributed by atoms with van der Waals surface area (Å²) in [5, 5.41) is 4.11. The van der Waals surface area contributed by atoms with E-state index in [1.54, 1.807) is 18.3 Å². The first kappa shape index (κ1) is 19.6. The van der Waals surface area contributed by atoms with Crippen molar-refractivity contribution in [2.75, 3.05) is 5.32 Å². The number of primary amides is 1. The van der Waals surface area contributed by atoms with Gasteiger partial charge in [-0.1, -0.05) is 30.3 Å². The first-order valence-corrected chi connectivity index (χ1v) is 10.2. The molecule has 3 aromatic heterocycles. The highest BCUT2D eigenvalue weighted by Crippen LogP contribution is 2.23. The van der Waals surface area contributed by atoms with E-state index < -0.39 is 5.91 Å². The number of nitrogens with one attached hydrogen (secondary N) is 2. The Hall–Kier alpha value is -4.33. The maximum absolute atomic E-state index is 11.7. The molecular weight excluding hydrogens is 402 g/mol. The van der Waals surface area contributed by atoms with Gasteiger partial charge in [0, 0.05) is 24.5 Å². The Morgan fingerprint density at radius 1 is 1.03 bits per heavy atom. The number of H-pyrrole nitrogens is 1. The normalized spacial score (nSPS) is 11.2. The number of amides is 1. The van der Waals surface area contributed by atoms with Crippen LogP contribution in [0.4, 0.5) is 5.82 Å². The van der Waals surface area contributed by atoms with Gasteiger partial charge in [0.25, 0.3) is 5.91 Å². The highest BCUT2D eigenvalue weighted by molar-refractivity contribution is 6.06. The van der Waals surface area contributed by atoms with E-state index in [0.717, 1.165) is 39.1 Å². The molecule has 0 atom stereocenters. The molecule has 0 saturated carbocycles. The summed E-state index contributed by atoms with van der Waals surface area (Å²) in [7, 11) is 0. The maximum atomic E-state index is 11.7. The summed E-state index contributed by atoms with van der Waals surface area (Å²) in [6, 6.07) is 15.6. The summed E-state index contributed by atoms with van der Waals surface area (Å²) in [6.45, 7) is 2.51. The van der Waals surface area contributed by atoms with Crippen LogP contribution in [-0.2, 0) is 13.0 Å². The van der Waals surface area contributed by atoms with Gasteiger partial charge >= 0.3 is 0 Å². The van der Waals surface area contributed by atoms with Crippen LogP contribution in [0.5, 0.6) is 0 Å². The molecule has 4 N–H and O–H groups in total. The summed E-state index contributed by atoms with van der Waals surface area (Å²) in [5.41, 5.74) is 11.5. The number of anilines is 1. The third-order valence-corrected chi connectivity index (χ3v) is 5.35. The van der Waals surface area contributed by atoms with Crippen LogP contribution in [-0.4, -0.2) is 30.8 Å². The molecule has 0 aliphatic carbocycles. The lowest BCUT2D eigenvalue weighted by Gasteiger charge is -2.11. The molecule has 0 saturated heterocycles. The maximum Gasteiger partial charge on any atom is 0.250 e. The van der Waals surface area contributed by atoms with Gasteiger partial charge in [0.05, 0.1) is 22.3 Å². The van der Waals surface area contributed by atoms with Crippen molar-refractivity contribution in [2.24, 2.45) is 5.73 Å². The van der Waals surface area contributed by atoms with Gasteiger partial charge in [0.1, 0.15) is 23.5 Å². The number of hydrogen-bond acceptors (Lipinski definition) is 6. The van der Waals surface area contributed by atoms with Crippen LogP contribution in [0.2, 0.25) is 0 Å². The summed E-state index contributed by atoms with van der Waals surface area (Å²) in [5.74, 6) is 1.02. The topological polar surface area (TPSA) is 122 Å². The summed E-state index contributed by atoms with van der Waals surface area (Å²) in [4.78, 5) is 32.7. The Labute approximate surface area is 184 Å². The van der Waals surface area contributed by atoms with Crippen molar-refractivity contribution in [1.29, 1.82) is 0 Å². The van der Waals surface area contributed by atoms with Gasteiger partial charge in [-0.05, 0) is 36.2 Å². The van der Waals surface area contributed by atoms with E-state index in [4.69, 9.17) is 5.73 Å². The highest BCUT2D eigenvalue weighted by Gasteiger charge is 2.12. The van der Waals surface area contributed by atoms with Crippen molar-refractivity contribution in [1.82, 2.24) is 24.9 Å². The molecule has 8 heteroatoms. The van der Waals surface area contributed by atoms with E-state index >= 15 is 0 Å². The standard InChI is InChI=1S/C24H21N7O/c1-14-30-19-8-9-26-20(22(19)31-14)11-15-4-2-5-16(10-15)12-27-24-18-7-3-6-17(23(25)32)21(18)28-13-29-24/h2-10,13H,11-12H2,1H3,(H2,25,32)(H,30,31)(H,27,28,29). The van der Waals surface area contributed by atoms with Crippen LogP contribution in [0, 0.1) is 6.92 Å². The molecule has 0 unspecified atom stereocenters. The number of imidazole rings is 1. The van der Waals surface area contributed by atoms with Crippen molar-refractivity contribution < 1.29 is 4.79 Å². The first-order valence-electron chi connectivity index (χ1n) is 10.2. The molecule has 0 fully saturated rings. The number of pyridine rings is 1. The lowest BCUT2D eigenvalue weighted by Crippen LogP contribution is -2.12. The molecule has 2 aromatic carbocycles. The van der Waals surface area contributed by atoms with Crippen LogP contribution in [0.3, 0.4) is 0 Å². The Morgan fingerprint density at radius 2 is 1.88 bits per heavy atom. The minimum atomic E-state index is -0.510. The minimum absolute atomic E-state index is 0.380. The van der Waals surface area contributed by atoms with Crippen molar-refractivity contribution >= 4 is 33.7 Å². The van der Waals surface area contributed by atoms with Gasteiger partial charge in [-0.3, -0.25) is 9.78 Å². The second-order valence-electron chi connectivity index (χ2n) is 7.61. The number of rotatable bonds is 6. The number of carbonyl (C=O) groups excluding carboxylic acids is 1. The van der Waals surface area contributed by atoms with Crippen LogP contribution < -0.4 is 11.1 Å². The molecule has 158 valence electrons. The lowest BCUT2D eigenvalue weighted by atomic mass is 10.1. The van der Waals surface area contributed by atoms with E-state index in [1.807, 2.05) is 25.1 Å². The average Bonchev–Trinajstić information content (AvgIpc) is 3.18. The summed E-state index contributed by atoms with van der Waals surface area (Å²) >= 11 is 0. The fourth-order valence-corrected chi connectivity index (χ4v) is 3.90. The molecule has 0 aliphatic rings. The SMILES string of the molecule is Cc1nc2c(Cc3cccc(CNc4ncnc5c(C(N)=O)cccc45)c3)nccc2[nH]1. The van der Waals surface area contributed by atoms with Gasteiger partial charge in [0.2, 0.25) is 0 Å². The van der Waals surface area contributed by atoms with E-state index in [2.05, 4.69) is 48.4 Å². The molecule has 0 spiro atoms. The van der Waals surface area contributed by atoms with Crippen LogP contribution in [0.25, 0.3) is 21.9 Å². The second kappa shape index (κ2) is 8.07. The molecule has 0 bridgehead atoms. The quantitative estimate of drug-likeness (QED) is 0.384. The Kier molecular flexibility index (Phi) is 4.95. The predicted molar refractivity (Wildman–Crippen MR) is 123 cm³/mol. The monoisotopic (exact) mass is 423 g/mol. The Morgan fingerprint density at radius 3 is 2.75 bits per heavy atom. The van der Waals surface area contributed by atoms with E-state index in [-0.39, 0.29) is 0 Å². The number of benzene rings is 2. The first-order chi connectivity index (χ1) is 15.6. The van der Waals surface area contributed by atoms with Crippen LogP contribution >= 0.6 is 0 Å². The van der Waals surface area contributed by atoms with Gasteiger partial charge < -0.3 is 16.0 Å². The average molecular weight is 423 g/mol. The smallest absolute Gasteiger partial charge is 0.250 e. The second-order valence-corrected chi connectivity index (χ2v) is 7.61. The molecule has 0 aliphatic heterocycles. The molecule has 5 rings (SSSR count). The van der Waals surface area contributed by atoms with E-state index in [9.17, 15) is 4.79 Å². The fourth-order valence-electron chi connectivity index (χ4n) is 3.90. The number of nitrogens with two attached hydrogens (primary N) is 1. The zero-order valence-corrected chi connectivity index (χ0v) is 17.5. The van der Waals surface area contributed by atoms with Crippen molar-refractivity contribution in [3.8, 4) is 0 Å². The van der Waals surface area contributed by atoms with Gasteiger partial charge in [0.15, 0.2) is 0 Å². The predicted octanol–water partition coefficient (Wildman–Crippen LogP) is 3.51. The van der Waals surface area contributed by atoms with Gasteiger partial charge in [-0.15, -0.1) is 0 Å². The van der Waals surface area contributed by atoms with E-state index in [1.165, 1.54) is 6.33 Å². The van der Waals surface area contributed by atoms with Gasteiger partial charge in [-0.2, -0.15) is 0 Å².